The van der Waals surface area contributed by atoms with Crippen molar-refractivity contribution >= 4 is 21.6 Å². The van der Waals surface area contributed by atoms with Crippen molar-refractivity contribution in [2.24, 2.45) is 13.0 Å². The van der Waals surface area contributed by atoms with Gasteiger partial charge in [0.05, 0.1) is 11.4 Å². The first-order valence-electron chi connectivity index (χ1n) is 13.9. The molecule has 6 rings (SSSR count). The van der Waals surface area contributed by atoms with Crippen LogP contribution in [0.1, 0.15) is 59.3 Å². The standard InChI is InChI=1S/C32H33FN4O3S/c1-21-5-3-7-26(17-21)41(39,40)35-30-8-4-6-22-11-14-25(18-28(22)30)37(20-31-34-15-16-36(31)2)32(38)29-19-27(29)23-9-12-24(33)13-10-23/h3,5,7,9-18,27,29-30,35H,4,6,8,19-20H2,1-2H3/t27-,29+,30+/m1/s1. The second kappa shape index (κ2) is 10.9. The molecule has 1 aromatic heterocycles. The van der Waals surface area contributed by atoms with Crippen molar-refractivity contribution in [1.82, 2.24) is 14.3 Å². The lowest BCUT2D eigenvalue weighted by Gasteiger charge is -2.29. The highest BCUT2D eigenvalue weighted by Crippen LogP contribution is 2.49. The normalized spacial score (nSPS) is 19.9. The number of rotatable bonds is 8. The first-order valence-corrected chi connectivity index (χ1v) is 15.4. The molecule has 1 saturated carbocycles. The number of hydrogen-bond donors (Lipinski definition) is 1. The van der Waals surface area contributed by atoms with E-state index in [9.17, 15) is 17.6 Å². The van der Waals surface area contributed by atoms with Crippen LogP contribution in [0.5, 0.6) is 0 Å². The zero-order valence-electron chi connectivity index (χ0n) is 23.1. The molecule has 1 heterocycles. The van der Waals surface area contributed by atoms with Crippen molar-refractivity contribution in [3.63, 3.8) is 0 Å². The highest BCUT2D eigenvalue weighted by Gasteiger charge is 2.46. The van der Waals surface area contributed by atoms with Gasteiger partial charge >= 0.3 is 0 Å². The number of sulfonamides is 1. The quantitative estimate of drug-likeness (QED) is 0.300. The van der Waals surface area contributed by atoms with Crippen molar-refractivity contribution in [2.75, 3.05) is 4.90 Å². The Morgan fingerprint density at radius 2 is 1.93 bits per heavy atom. The number of halogens is 1. The third-order valence-corrected chi connectivity index (χ3v) is 9.71. The lowest BCUT2D eigenvalue weighted by molar-refractivity contribution is -0.120. The lowest BCUT2D eigenvalue weighted by Crippen LogP contribution is -2.34. The van der Waals surface area contributed by atoms with Gasteiger partial charge in [-0.15, -0.1) is 0 Å². The monoisotopic (exact) mass is 572 g/mol. The predicted molar refractivity (Wildman–Crippen MR) is 155 cm³/mol. The van der Waals surface area contributed by atoms with E-state index in [4.69, 9.17) is 0 Å². The SMILES string of the molecule is Cc1cccc(S(=O)(=O)N[C@H]2CCCc3ccc(N(Cc4nccn4C)C(=O)[C@H]4C[C@@H]4c4ccc(F)cc4)cc32)c1. The van der Waals surface area contributed by atoms with E-state index in [2.05, 4.69) is 9.71 Å². The minimum atomic E-state index is -3.74. The average Bonchev–Trinajstić information content (AvgIpc) is 3.66. The van der Waals surface area contributed by atoms with Gasteiger partial charge in [-0.1, -0.05) is 30.3 Å². The van der Waals surface area contributed by atoms with E-state index in [1.807, 2.05) is 49.0 Å². The summed E-state index contributed by atoms with van der Waals surface area (Å²) in [5.74, 6) is 0.253. The topological polar surface area (TPSA) is 84.3 Å². The number of carbonyl (C=O) groups is 1. The summed E-state index contributed by atoms with van der Waals surface area (Å²) in [7, 11) is -1.84. The van der Waals surface area contributed by atoms with Gasteiger partial charge in [-0.3, -0.25) is 4.79 Å². The predicted octanol–water partition coefficient (Wildman–Crippen LogP) is 5.56. The van der Waals surface area contributed by atoms with Gasteiger partial charge in [-0.2, -0.15) is 0 Å². The number of fused-ring (bicyclic) bond motifs is 1. The molecule has 0 aliphatic heterocycles. The Labute approximate surface area is 240 Å². The molecule has 1 fully saturated rings. The molecule has 3 aromatic carbocycles. The third kappa shape index (κ3) is 5.69. The fourth-order valence-corrected chi connectivity index (χ4v) is 7.20. The van der Waals surface area contributed by atoms with Crippen LogP contribution in [0.15, 0.2) is 84.0 Å². The molecule has 9 heteroatoms. The maximum Gasteiger partial charge on any atom is 0.241 e. The van der Waals surface area contributed by atoms with Crippen LogP contribution in [-0.2, 0) is 34.8 Å². The second-order valence-electron chi connectivity index (χ2n) is 11.1. The van der Waals surface area contributed by atoms with Gasteiger partial charge in [0.1, 0.15) is 11.6 Å². The summed E-state index contributed by atoms with van der Waals surface area (Å²) in [4.78, 5) is 20.5. The minimum Gasteiger partial charge on any atom is -0.337 e. The Hall–Kier alpha value is -3.82. The van der Waals surface area contributed by atoms with E-state index in [-0.39, 0.29) is 35.0 Å². The number of aryl methyl sites for hydroxylation is 3. The van der Waals surface area contributed by atoms with Gasteiger partial charge in [-0.05, 0) is 97.2 Å². The van der Waals surface area contributed by atoms with Crippen LogP contribution in [0.3, 0.4) is 0 Å². The number of carbonyl (C=O) groups excluding carboxylic acids is 1. The zero-order valence-corrected chi connectivity index (χ0v) is 23.9. The van der Waals surface area contributed by atoms with Gasteiger partial charge in [0.15, 0.2) is 0 Å². The van der Waals surface area contributed by atoms with Crippen LogP contribution in [0, 0.1) is 18.7 Å². The molecule has 0 unspecified atom stereocenters. The Morgan fingerprint density at radius 1 is 1.12 bits per heavy atom. The molecule has 1 amide bonds. The number of hydrogen-bond acceptors (Lipinski definition) is 4. The average molecular weight is 573 g/mol. The molecule has 0 bridgehead atoms. The van der Waals surface area contributed by atoms with Crippen LogP contribution < -0.4 is 9.62 Å². The number of nitrogens with zero attached hydrogens (tertiary/aromatic N) is 3. The zero-order chi connectivity index (χ0) is 28.7. The minimum absolute atomic E-state index is 0.0185. The number of nitrogens with one attached hydrogen (secondary N) is 1. The largest absolute Gasteiger partial charge is 0.337 e. The molecule has 7 nitrogen and oxygen atoms in total. The smallest absolute Gasteiger partial charge is 0.241 e. The maximum atomic E-state index is 14.0. The molecule has 41 heavy (non-hydrogen) atoms. The number of benzene rings is 3. The fourth-order valence-electron chi connectivity index (χ4n) is 5.85. The van der Waals surface area contributed by atoms with Crippen LogP contribution >= 0.6 is 0 Å². The maximum absolute atomic E-state index is 14.0. The van der Waals surface area contributed by atoms with Gasteiger partial charge in [-0.25, -0.2) is 22.5 Å². The van der Waals surface area contributed by atoms with Gasteiger partial charge in [0, 0.05) is 37.1 Å². The molecular formula is C32H33FN4O3S. The Kier molecular flexibility index (Phi) is 7.25. The fraction of sp³-hybridized carbons (Fsp3) is 0.312. The third-order valence-electron chi connectivity index (χ3n) is 8.25. The van der Waals surface area contributed by atoms with E-state index >= 15 is 0 Å². The summed E-state index contributed by atoms with van der Waals surface area (Å²) in [5.41, 5.74) is 4.52. The Bertz CT molecular complexity index is 1700. The molecule has 0 saturated heterocycles. The van der Waals surface area contributed by atoms with Crippen molar-refractivity contribution < 1.29 is 17.6 Å². The number of amides is 1. The summed E-state index contributed by atoms with van der Waals surface area (Å²) in [6.07, 6.45) is 6.64. The lowest BCUT2D eigenvalue weighted by atomic mass is 9.87. The highest BCUT2D eigenvalue weighted by atomic mass is 32.2. The van der Waals surface area contributed by atoms with Gasteiger partial charge in [0.25, 0.3) is 0 Å². The molecule has 0 radical (unpaired) electrons. The molecule has 2 aliphatic rings. The molecule has 4 aromatic rings. The molecule has 1 N–H and O–H groups in total. The van der Waals surface area contributed by atoms with E-state index in [0.29, 0.717) is 18.5 Å². The number of anilines is 1. The molecule has 212 valence electrons. The van der Waals surface area contributed by atoms with Crippen molar-refractivity contribution in [2.45, 2.75) is 56.0 Å². The second-order valence-corrected chi connectivity index (χ2v) is 12.9. The van der Waals surface area contributed by atoms with Crippen molar-refractivity contribution in [3.8, 4) is 0 Å². The molecule has 2 aliphatic carbocycles. The van der Waals surface area contributed by atoms with E-state index in [1.165, 1.54) is 12.1 Å². The van der Waals surface area contributed by atoms with E-state index in [1.54, 1.807) is 41.4 Å². The van der Waals surface area contributed by atoms with Crippen molar-refractivity contribution in [1.29, 1.82) is 0 Å². The van der Waals surface area contributed by atoms with Crippen molar-refractivity contribution in [3.05, 3.63) is 113 Å². The number of aromatic nitrogens is 2. The molecule has 3 atom stereocenters. The van der Waals surface area contributed by atoms with Crippen LogP contribution in [-0.4, -0.2) is 23.9 Å². The summed E-state index contributed by atoms with van der Waals surface area (Å²) < 4.78 is 44.9. The van der Waals surface area contributed by atoms with Gasteiger partial charge in [0.2, 0.25) is 15.9 Å². The number of imidazole rings is 1. The van der Waals surface area contributed by atoms with Crippen LogP contribution in [0.25, 0.3) is 0 Å². The van der Waals surface area contributed by atoms with Crippen LogP contribution in [0.4, 0.5) is 10.1 Å². The molecular weight excluding hydrogens is 539 g/mol. The molecule has 0 spiro atoms. The highest BCUT2D eigenvalue weighted by molar-refractivity contribution is 7.89. The first-order chi connectivity index (χ1) is 19.7. The van der Waals surface area contributed by atoms with E-state index < -0.39 is 16.1 Å². The van der Waals surface area contributed by atoms with Gasteiger partial charge < -0.3 is 9.47 Å². The summed E-state index contributed by atoms with van der Waals surface area (Å²) in [6, 6.07) is 18.8. The summed E-state index contributed by atoms with van der Waals surface area (Å²) >= 11 is 0. The Morgan fingerprint density at radius 3 is 2.66 bits per heavy atom. The Balaban J connectivity index is 1.31. The van der Waals surface area contributed by atoms with Crippen LogP contribution in [0.2, 0.25) is 0 Å². The first kappa shape index (κ1) is 27.4. The summed E-state index contributed by atoms with van der Waals surface area (Å²) in [5, 5.41) is 0. The van der Waals surface area contributed by atoms with E-state index in [0.717, 1.165) is 40.9 Å². The summed E-state index contributed by atoms with van der Waals surface area (Å²) in [6.45, 7) is 2.16.